The van der Waals surface area contributed by atoms with E-state index in [1.54, 1.807) is 0 Å². The zero-order chi connectivity index (χ0) is 23.5. The summed E-state index contributed by atoms with van der Waals surface area (Å²) in [6, 6.07) is 14.4. The minimum Gasteiger partial charge on any atom is -0.379 e. The van der Waals surface area contributed by atoms with Crippen LogP contribution in [0.3, 0.4) is 0 Å². The Bertz CT molecular complexity index is 756. The van der Waals surface area contributed by atoms with Gasteiger partial charge >= 0.3 is 0 Å². The maximum absolute atomic E-state index is 5.69. The van der Waals surface area contributed by atoms with E-state index in [9.17, 15) is 0 Å². The highest BCUT2D eigenvalue weighted by Gasteiger charge is 2.11. The summed E-state index contributed by atoms with van der Waals surface area (Å²) >= 11 is 0. The molecule has 2 aromatic rings. The molecule has 0 unspecified atom stereocenters. The fraction of sp³-hybridized carbons (Fsp3) is 0.593. The van der Waals surface area contributed by atoms with Gasteiger partial charge in [-0.05, 0) is 37.0 Å². The Balaban J connectivity index is 1.06. The second-order valence-electron chi connectivity index (χ2n) is 8.29. The van der Waals surface area contributed by atoms with Crippen LogP contribution in [-0.2, 0) is 36.7 Å². The number of hydrogen-bond acceptors (Lipinski definition) is 7. The van der Waals surface area contributed by atoms with Crippen molar-refractivity contribution in [2.24, 2.45) is 0 Å². The number of piperidine rings is 1. The molecule has 0 radical (unpaired) electrons. The van der Waals surface area contributed by atoms with Gasteiger partial charge in [0.1, 0.15) is 0 Å². The quantitative estimate of drug-likeness (QED) is 0.305. The van der Waals surface area contributed by atoms with E-state index in [4.69, 9.17) is 23.7 Å². The van der Waals surface area contributed by atoms with Gasteiger partial charge < -0.3 is 28.6 Å². The maximum atomic E-state index is 5.69. The summed E-state index contributed by atoms with van der Waals surface area (Å²) in [6.07, 6.45) is 6.64. The van der Waals surface area contributed by atoms with Gasteiger partial charge in [-0.1, -0.05) is 30.3 Å². The van der Waals surface area contributed by atoms with Crippen LogP contribution in [0.15, 0.2) is 48.7 Å². The number of anilines is 1. The van der Waals surface area contributed by atoms with Crippen molar-refractivity contribution in [1.29, 1.82) is 0 Å². The van der Waals surface area contributed by atoms with Crippen molar-refractivity contribution in [3.8, 4) is 0 Å². The monoisotopic (exact) mass is 472 g/mol. The van der Waals surface area contributed by atoms with Crippen LogP contribution in [0.25, 0.3) is 0 Å². The normalized spacial score (nSPS) is 13.9. The SMILES string of the molecule is c1ccc(COCCOCCOCCOCCOCCc2cc(N3CCCCC3)ccn2)cc1. The molecule has 1 aliphatic rings. The molecule has 1 saturated heterocycles. The number of rotatable bonds is 18. The van der Waals surface area contributed by atoms with Gasteiger partial charge in [0.15, 0.2) is 0 Å². The number of ether oxygens (including phenoxy) is 5. The fourth-order valence-corrected chi connectivity index (χ4v) is 3.77. The second kappa shape index (κ2) is 17.4. The molecule has 0 aliphatic carbocycles. The minimum absolute atomic E-state index is 0.557. The molecule has 1 aromatic carbocycles. The highest BCUT2D eigenvalue weighted by atomic mass is 16.6. The van der Waals surface area contributed by atoms with E-state index in [2.05, 4.69) is 34.1 Å². The van der Waals surface area contributed by atoms with Gasteiger partial charge in [-0.15, -0.1) is 0 Å². The number of benzene rings is 1. The van der Waals surface area contributed by atoms with Gasteiger partial charge in [0, 0.05) is 37.1 Å². The van der Waals surface area contributed by atoms with Crippen molar-refractivity contribution in [3.63, 3.8) is 0 Å². The lowest BCUT2D eigenvalue weighted by Gasteiger charge is -2.28. The van der Waals surface area contributed by atoms with Crippen LogP contribution in [0.2, 0.25) is 0 Å². The number of aromatic nitrogens is 1. The predicted molar refractivity (Wildman–Crippen MR) is 133 cm³/mol. The lowest BCUT2D eigenvalue weighted by atomic mass is 10.1. The second-order valence-corrected chi connectivity index (χ2v) is 8.29. The third-order valence-electron chi connectivity index (χ3n) is 5.62. The molecule has 1 aliphatic heterocycles. The zero-order valence-electron chi connectivity index (χ0n) is 20.4. The van der Waals surface area contributed by atoms with Crippen LogP contribution in [0.4, 0.5) is 5.69 Å². The largest absolute Gasteiger partial charge is 0.379 e. The first-order chi connectivity index (χ1) is 16.9. The van der Waals surface area contributed by atoms with Crippen molar-refractivity contribution in [2.45, 2.75) is 32.3 Å². The van der Waals surface area contributed by atoms with E-state index in [-0.39, 0.29) is 0 Å². The Morgan fingerprint density at radius 2 is 1.24 bits per heavy atom. The van der Waals surface area contributed by atoms with Gasteiger partial charge in [-0.25, -0.2) is 0 Å². The molecule has 0 amide bonds. The molecule has 2 heterocycles. The molecule has 3 rings (SSSR count). The smallest absolute Gasteiger partial charge is 0.0718 e. The highest BCUT2D eigenvalue weighted by molar-refractivity contribution is 5.46. The maximum Gasteiger partial charge on any atom is 0.0718 e. The Hall–Kier alpha value is -2.03. The van der Waals surface area contributed by atoms with E-state index in [1.165, 1.54) is 30.5 Å². The first-order valence-corrected chi connectivity index (χ1v) is 12.5. The minimum atomic E-state index is 0.557. The first kappa shape index (κ1) is 26.6. The zero-order valence-corrected chi connectivity index (χ0v) is 20.4. The van der Waals surface area contributed by atoms with E-state index >= 15 is 0 Å². The molecule has 1 aromatic heterocycles. The summed E-state index contributed by atoms with van der Waals surface area (Å²) in [5, 5.41) is 0. The molecule has 0 spiro atoms. The van der Waals surface area contributed by atoms with Crippen molar-refractivity contribution in [2.75, 3.05) is 77.5 Å². The Morgan fingerprint density at radius 1 is 0.647 bits per heavy atom. The fourth-order valence-electron chi connectivity index (χ4n) is 3.77. The average molecular weight is 473 g/mol. The Kier molecular flexibility index (Phi) is 13.6. The topological polar surface area (TPSA) is 62.3 Å². The number of nitrogens with zero attached hydrogens (tertiary/aromatic N) is 2. The van der Waals surface area contributed by atoms with Crippen molar-refractivity contribution in [3.05, 3.63) is 59.9 Å². The molecule has 1 fully saturated rings. The summed E-state index contributed by atoms with van der Waals surface area (Å²) in [5.74, 6) is 0. The van der Waals surface area contributed by atoms with Crippen molar-refractivity contribution < 1.29 is 23.7 Å². The molecule has 0 saturated carbocycles. The number of hydrogen-bond donors (Lipinski definition) is 0. The molecule has 188 valence electrons. The summed E-state index contributed by atoms with van der Waals surface area (Å²) in [4.78, 5) is 6.94. The summed E-state index contributed by atoms with van der Waals surface area (Å²) in [7, 11) is 0. The predicted octanol–water partition coefficient (Wildman–Crippen LogP) is 3.90. The van der Waals surface area contributed by atoms with Crippen molar-refractivity contribution >= 4 is 5.69 Å². The van der Waals surface area contributed by atoms with E-state index in [1.807, 2.05) is 24.4 Å². The van der Waals surface area contributed by atoms with Gasteiger partial charge in [0.2, 0.25) is 0 Å². The molecular formula is C27H40N2O5. The van der Waals surface area contributed by atoms with Crippen LogP contribution in [0.1, 0.15) is 30.5 Å². The van der Waals surface area contributed by atoms with Crippen molar-refractivity contribution in [1.82, 2.24) is 4.98 Å². The molecule has 7 nitrogen and oxygen atoms in total. The number of pyridine rings is 1. The van der Waals surface area contributed by atoms with Gasteiger partial charge in [0.25, 0.3) is 0 Å². The van der Waals surface area contributed by atoms with E-state index in [0.29, 0.717) is 66.1 Å². The van der Waals surface area contributed by atoms with Crippen LogP contribution in [-0.4, -0.2) is 77.5 Å². The highest BCUT2D eigenvalue weighted by Crippen LogP contribution is 2.20. The third kappa shape index (κ3) is 11.4. The van der Waals surface area contributed by atoms with Gasteiger partial charge in [-0.3, -0.25) is 4.98 Å². The standard InChI is InChI=1S/C27H40N2O5/c1-3-7-25(8-4-1)24-34-22-21-33-20-19-32-18-17-31-16-15-30-14-10-26-23-27(9-11-28-26)29-12-5-2-6-13-29/h1,3-4,7-9,11,23H,2,5-6,10,12-22,24H2. The first-order valence-electron chi connectivity index (χ1n) is 12.5. The van der Waals surface area contributed by atoms with E-state index < -0.39 is 0 Å². The van der Waals surface area contributed by atoms with Crippen LogP contribution in [0.5, 0.6) is 0 Å². The molecule has 34 heavy (non-hydrogen) atoms. The van der Waals surface area contributed by atoms with Gasteiger partial charge in [0.05, 0.1) is 66.1 Å². The van der Waals surface area contributed by atoms with Crippen LogP contribution < -0.4 is 4.90 Å². The molecule has 7 heteroatoms. The summed E-state index contributed by atoms with van der Waals surface area (Å²) in [5.41, 5.74) is 3.54. The molecule has 0 bridgehead atoms. The molecular weight excluding hydrogens is 432 g/mol. The van der Waals surface area contributed by atoms with Crippen LogP contribution >= 0.6 is 0 Å². The van der Waals surface area contributed by atoms with Crippen LogP contribution in [0, 0.1) is 0 Å². The third-order valence-corrected chi connectivity index (χ3v) is 5.62. The Morgan fingerprint density at radius 3 is 1.88 bits per heavy atom. The molecule has 0 atom stereocenters. The Labute approximate surface area is 204 Å². The lowest BCUT2D eigenvalue weighted by Crippen LogP contribution is -2.29. The summed E-state index contributed by atoms with van der Waals surface area (Å²) in [6.45, 7) is 8.11. The average Bonchev–Trinajstić information content (AvgIpc) is 2.90. The van der Waals surface area contributed by atoms with Gasteiger partial charge in [-0.2, -0.15) is 0 Å². The van der Waals surface area contributed by atoms with E-state index in [0.717, 1.165) is 25.2 Å². The summed E-state index contributed by atoms with van der Waals surface area (Å²) < 4.78 is 27.8. The molecule has 0 N–H and O–H groups in total. The lowest BCUT2D eigenvalue weighted by molar-refractivity contribution is -0.0123.